The molecule has 1 heterocycles. The number of hydrogen-bond acceptors (Lipinski definition) is 4. The van der Waals surface area contributed by atoms with Crippen LogP contribution in [0.3, 0.4) is 0 Å². The van der Waals surface area contributed by atoms with Crippen molar-refractivity contribution in [3.05, 3.63) is 28.7 Å². The predicted molar refractivity (Wildman–Crippen MR) is 75.4 cm³/mol. The highest BCUT2D eigenvalue weighted by atomic mass is 79.9. The minimum absolute atomic E-state index is 0.0241. The summed E-state index contributed by atoms with van der Waals surface area (Å²) in [6, 6.07) is 7.49. The van der Waals surface area contributed by atoms with Gasteiger partial charge in [-0.15, -0.1) is 0 Å². The third kappa shape index (κ3) is 4.76. The van der Waals surface area contributed by atoms with Crippen molar-refractivity contribution in [1.29, 1.82) is 0 Å². The Balaban J connectivity index is 1.63. The molecule has 0 saturated carbocycles. The fourth-order valence-corrected chi connectivity index (χ4v) is 2.03. The van der Waals surface area contributed by atoms with Gasteiger partial charge in [0.05, 0.1) is 18.8 Å². The zero-order valence-electron chi connectivity index (χ0n) is 10.9. The van der Waals surface area contributed by atoms with Crippen molar-refractivity contribution in [1.82, 2.24) is 0 Å². The van der Waals surface area contributed by atoms with Gasteiger partial charge in [0.25, 0.3) is 0 Å². The maximum atomic E-state index is 9.79. The molecule has 1 fully saturated rings. The Bertz CT molecular complexity index is 378. The van der Waals surface area contributed by atoms with E-state index >= 15 is 0 Å². The highest BCUT2D eigenvalue weighted by Gasteiger charge is 2.25. The van der Waals surface area contributed by atoms with Crippen LogP contribution in [-0.4, -0.2) is 43.2 Å². The summed E-state index contributed by atoms with van der Waals surface area (Å²) >= 11 is 3.36. The third-order valence-electron chi connectivity index (χ3n) is 3.07. The van der Waals surface area contributed by atoms with Crippen molar-refractivity contribution >= 4 is 15.9 Å². The first kappa shape index (κ1) is 14.8. The van der Waals surface area contributed by atoms with Crippen LogP contribution in [0.15, 0.2) is 28.7 Å². The first-order chi connectivity index (χ1) is 9.15. The summed E-state index contributed by atoms with van der Waals surface area (Å²) in [6.07, 6.45) is 0.606. The minimum Gasteiger partial charge on any atom is -0.491 e. The first-order valence-electron chi connectivity index (χ1n) is 6.45. The first-order valence-corrected chi connectivity index (χ1v) is 7.24. The van der Waals surface area contributed by atoms with Gasteiger partial charge in [0, 0.05) is 11.1 Å². The van der Waals surface area contributed by atoms with Gasteiger partial charge in [-0.3, -0.25) is 0 Å². The second kappa shape index (κ2) is 7.24. The normalized spacial score (nSPS) is 21.5. The van der Waals surface area contributed by atoms with Gasteiger partial charge >= 0.3 is 0 Å². The molecule has 0 aliphatic carbocycles. The molecule has 4 nitrogen and oxygen atoms in total. The molecule has 1 aromatic rings. The van der Waals surface area contributed by atoms with Crippen molar-refractivity contribution < 1.29 is 19.3 Å². The Labute approximate surface area is 121 Å². The van der Waals surface area contributed by atoms with Crippen LogP contribution >= 0.6 is 15.9 Å². The van der Waals surface area contributed by atoms with Crippen LogP contribution in [0, 0.1) is 0 Å². The van der Waals surface area contributed by atoms with E-state index in [9.17, 15) is 5.11 Å². The van der Waals surface area contributed by atoms with Gasteiger partial charge < -0.3 is 19.3 Å². The lowest BCUT2D eigenvalue weighted by atomic mass is 10.1. The molecule has 0 aromatic heterocycles. The molecule has 19 heavy (non-hydrogen) atoms. The number of ether oxygens (including phenoxy) is 3. The molecule has 3 unspecified atom stereocenters. The molecule has 106 valence electrons. The van der Waals surface area contributed by atoms with Gasteiger partial charge in [-0.05, 0) is 37.6 Å². The Hall–Kier alpha value is -0.620. The fourth-order valence-electron chi connectivity index (χ4n) is 1.77. The molecular formula is C14H19BrO4. The van der Waals surface area contributed by atoms with Gasteiger partial charge in [0.15, 0.2) is 0 Å². The molecule has 1 aliphatic rings. The topological polar surface area (TPSA) is 47.9 Å². The lowest BCUT2D eigenvalue weighted by Gasteiger charge is -2.32. The van der Waals surface area contributed by atoms with Crippen LogP contribution in [0.25, 0.3) is 0 Å². The van der Waals surface area contributed by atoms with E-state index in [1.54, 1.807) is 0 Å². The zero-order valence-corrected chi connectivity index (χ0v) is 12.5. The van der Waals surface area contributed by atoms with Crippen LogP contribution in [-0.2, 0) is 9.47 Å². The van der Waals surface area contributed by atoms with Crippen molar-refractivity contribution in [2.45, 2.75) is 31.7 Å². The summed E-state index contributed by atoms with van der Waals surface area (Å²) in [5.74, 6) is 0.734. The third-order valence-corrected chi connectivity index (χ3v) is 3.59. The fraction of sp³-hybridized carbons (Fsp3) is 0.571. The van der Waals surface area contributed by atoms with E-state index in [1.807, 2.05) is 31.2 Å². The molecule has 1 aliphatic heterocycles. The second-order valence-corrected chi connectivity index (χ2v) is 5.57. The van der Waals surface area contributed by atoms with E-state index in [-0.39, 0.29) is 25.4 Å². The number of halogens is 1. The van der Waals surface area contributed by atoms with E-state index in [1.165, 1.54) is 0 Å². The number of aliphatic hydroxyl groups excluding tert-OH is 1. The number of rotatable bonds is 7. The van der Waals surface area contributed by atoms with Crippen LogP contribution in [0.1, 0.15) is 13.3 Å². The molecule has 0 radical (unpaired) electrons. The average Bonchev–Trinajstić information content (AvgIpc) is 2.33. The van der Waals surface area contributed by atoms with E-state index in [0.29, 0.717) is 0 Å². The van der Waals surface area contributed by atoms with E-state index in [0.717, 1.165) is 23.2 Å². The predicted octanol–water partition coefficient (Wildman–Crippen LogP) is 2.38. The monoisotopic (exact) mass is 330 g/mol. The lowest BCUT2D eigenvalue weighted by Crippen LogP contribution is -2.40. The Morgan fingerprint density at radius 1 is 1.37 bits per heavy atom. The Morgan fingerprint density at radius 3 is 2.63 bits per heavy atom. The summed E-state index contributed by atoms with van der Waals surface area (Å²) in [6.45, 7) is 3.26. The van der Waals surface area contributed by atoms with Gasteiger partial charge in [0.1, 0.15) is 18.5 Å². The van der Waals surface area contributed by atoms with E-state index < -0.39 is 6.10 Å². The average molecular weight is 331 g/mol. The molecule has 2 rings (SSSR count). The zero-order chi connectivity index (χ0) is 13.7. The summed E-state index contributed by atoms with van der Waals surface area (Å²) in [5, 5.41) is 9.79. The quantitative estimate of drug-likeness (QED) is 0.833. The van der Waals surface area contributed by atoms with Crippen LogP contribution in [0.4, 0.5) is 0 Å². The Morgan fingerprint density at radius 2 is 2.05 bits per heavy atom. The summed E-state index contributed by atoms with van der Waals surface area (Å²) in [7, 11) is 0. The largest absolute Gasteiger partial charge is 0.491 e. The van der Waals surface area contributed by atoms with E-state index in [2.05, 4.69) is 15.9 Å². The van der Waals surface area contributed by atoms with Crippen LogP contribution < -0.4 is 4.74 Å². The highest BCUT2D eigenvalue weighted by molar-refractivity contribution is 9.10. The molecular weight excluding hydrogens is 312 g/mol. The second-order valence-electron chi connectivity index (χ2n) is 4.66. The maximum Gasteiger partial charge on any atom is 0.119 e. The molecule has 3 atom stereocenters. The minimum atomic E-state index is -0.633. The van der Waals surface area contributed by atoms with Gasteiger partial charge in [-0.1, -0.05) is 15.9 Å². The molecule has 1 saturated heterocycles. The van der Waals surface area contributed by atoms with Crippen LogP contribution in [0.5, 0.6) is 5.75 Å². The number of benzene rings is 1. The molecule has 5 heteroatoms. The number of hydrogen-bond donors (Lipinski definition) is 1. The number of aliphatic hydroxyl groups is 1. The smallest absolute Gasteiger partial charge is 0.119 e. The lowest BCUT2D eigenvalue weighted by molar-refractivity contribution is -0.142. The summed E-state index contributed by atoms with van der Waals surface area (Å²) in [5.41, 5.74) is 0. The van der Waals surface area contributed by atoms with Crippen molar-refractivity contribution in [2.24, 2.45) is 0 Å². The van der Waals surface area contributed by atoms with Crippen molar-refractivity contribution in [3.8, 4) is 5.75 Å². The van der Waals surface area contributed by atoms with Crippen LogP contribution in [0.2, 0.25) is 0 Å². The van der Waals surface area contributed by atoms with E-state index in [4.69, 9.17) is 14.2 Å². The highest BCUT2D eigenvalue weighted by Crippen LogP contribution is 2.18. The molecule has 1 aromatic carbocycles. The standard InChI is InChI=1S/C14H19BrO4/c1-10(14-6-7-17-14)18-8-12(16)9-19-13-4-2-11(15)3-5-13/h2-5,10,12,14,16H,6-9H2,1H3. The molecule has 1 N–H and O–H groups in total. The van der Waals surface area contributed by atoms with Crippen molar-refractivity contribution in [3.63, 3.8) is 0 Å². The molecule has 0 spiro atoms. The SMILES string of the molecule is CC(OCC(O)COc1ccc(Br)cc1)C1CCO1. The van der Waals surface area contributed by atoms with Gasteiger partial charge in [0.2, 0.25) is 0 Å². The van der Waals surface area contributed by atoms with Gasteiger partial charge in [-0.25, -0.2) is 0 Å². The molecule has 0 amide bonds. The molecule has 0 bridgehead atoms. The maximum absolute atomic E-state index is 9.79. The van der Waals surface area contributed by atoms with Crippen molar-refractivity contribution in [2.75, 3.05) is 19.8 Å². The Kier molecular flexibility index (Phi) is 5.63. The van der Waals surface area contributed by atoms with Gasteiger partial charge in [-0.2, -0.15) is 0 Å². The summed E-state index contributed by atoms with van der Waals surface area (Å²) in [4.78, 5) is 0. The summed E-state index contributed by atoms with van der Waals surface area (Å²) < 4.78 is 17.3.